The van der Waals surface area contributed by atoms with Gasteiger partial charge in [-0.2, -0.15) is 0 Å². The normalized spacial score (nSPS) is 24.6. The second-order valence-corrected chi connectivity index (χ2v) is 4.82. The van der Waals surface area contributed by atoms with Crippen LogP contribution in [-0.4, -0.2) is 19.3 Å². The van der Waals surface area contributed by atoms with Crippen LogP contribution in [0, 0.1) is 12.7 Å². The van der Waals surface area contributed by atoms with Gasteiger partial charge in [0.1, 0.15) is 5.82 Å². The molecular weight excluding hydrogens is 217 g/mol. The highest BCUT2D eigenvalue weighted by atomic mass is 19.1. The first-order valence-corrected chi connectivity index (χ1v) is 6.24. The maximum Gasteiger partial charge on any atom is 0.123 e. The molecule has 0 heterocycles. The van der Waals surface area contributed by atoms with Gasteiger partial charge >= 0.3 is 0 Å². The number of ether oxygens (including phenoxy) is 1. The van der Waals surface area contributed by atoms with Gasteiger partial charge in [0.2, 0.25) is 0 Å². The van der Waals surface area contributed by atoms with Crippen molar-refractivity contribution in [1.29, 1.82) is 0 Å². The number of methoxy groups -OCH3 is 1. The molecule has 1 aliphatic carbocycles. The van der Waals surface area contributed by atoms with Crippen molar-refractivity contribution < 1.29 is 9.13 Å². The molecule has 1 N–H and O–H groups in total. The van der Waals surface area contributed by atoms with E-state index in [1.54, 1.807) is 13.2 Å². The molecule has 0 saturated heterocycles. The van der Waals surface area contributed by atoms with E-state index in [1.165, 1.54) is 12.5 Å². The molecule has 1 saturated carbocycles. The SMILES string of the molecule is COC1CCCC(Nc2ccc(F)cc2C)C1. The third-order valence-electron chi connectivity index (χ3n) is 3.51. The highest BCUT2D eigenvalue weighted by Crippen LogP contribution is 2.25. The van der Waals surface area contributed by atoms with Gasteiger partial charge in [-0.3, -0.25) is 0 Å². The van der Waals surface area contributed by atoms with E-state index in [0.29, 0.717) is 12.1 Å². The predicted molar refractivity (Wildman–Crippen MR) is 67.8 cm³/mol. The van der Waals surface area contributed by atoms with Crippen LogP contribution in [0.2, 0.25) is 0 Å². The summed E-state index contributed by atoms with van der Waals surface area (Å²) in [7, 11) is 1.77. The van der Waals surface area contributed by atoms with Crippen molar-refractivity contribution in [2.45, 2.75) is 44.8 Å². The average Bonchev–Trinajstić information content (AvgIpc) is 2.33. The number of nitrogens with one attached hydrogen (secondary N) is 1. The monoisotopic (exact) mass is 237 g/mol. The van der Waals surface area contributed by atoms with Crippen LogP contribution in [0.3, 0.4) is 0 Å². The van der Waals surface area contributed by atoms with Crippen LogP contribution in [0.15, 0.2) is 18.2 Å². The Labute approximate surface area is 102 Å². The highest BCUT2D eigenvalue weighted by Gasteiger charge is 2.21. The molecule has 1 fully saturated rings. The number of hydrogen-bond donors (Lipinski definition) is 1. The number of hydrogen-bond acceptors (Lipinski definition) is 2. The van der Waals surface area contributed by atoms with Crippen molar-refractivity contribution in [2.75, 3.05) is 12.4 Å². The lowest BCUT2D eigenvalue weighted by Gasteiger charge is -2.30. The van der Waals surface area contributed by atoms with Crippen molar-refractivity contribution >= 4 is 5.69 Å². The van der Waals surface area contributed by atoms with Crippen LogP contribution in [0.4, 0.5) is 10.1 Å². The average molecular weight is 237 g/mol. The Bertz CT molecular complexity index is 380. The second kappa shape index (κ2) is 5.50. The number of aryl methyl sites for hydroxylation is 1. The molecule has 1 aromatic rings. The van der Waals surface area contributed by atoms with Gasteiger partial charge in [-0.05, 0) is 56.4 Å². The first kappa shape index (κ1) is 12.4. The Morgan fingerprint density at radius 3 is 2.88 bits per heavy atom. The summed E-state index contributed by atoms with van der Waals surface area (Å²) in [5.41, 5.74) is 2.00. The fourth-order valence-electron chi connectivity index (χ4n) is 2.50. The molecule has 17 heavy (non-hydrogen) atoms. The number of benzene rings is 1. The first-order valence-electron chi connectivity index (χ1n) is 6.24. The lowest BCUT2D eigenvalue weighted by atomic mass is 9.92. The lowest BCUT2D eigenvalue weighted by molar-refractivity contribution is 0.0669. The van der Waals surface area contributed by atoms with Gasteiger partial charge in [0.25, 0.3) is 0 Å². The van der Waals surface area contributed by atoms with Crippen LogP contribution in [-0.2, 0) is 4.74 Å². The maximum absolute atomic E-state index is 13.0. The third-order valence-corrected chi connectivity index (χ3v) is 3.51. The molecule has 0 aromatic heterocycles. The zero-order chi connectivity index (χ0) is 12.3. The molecule has 1 aromatic carbocycles. The van der Waals surface area contributed by atoms with Crippen LogP contribution in [0.25, 0.3) is 0 Å². The van der Waals surface area contributed by atoms with E-state index in [0.717, 1.165) is 30.5 Å². The highest BCUT2D eigenvalue weighted by molar-refractivity contribution is 5.51. The molecule has 0 bridgehead atoms. The quantitative estimate of drug-likeness (QED) is 0.868. The molecule has 2 nitrogen and oxygen atoms in total. The zero-order valence-corrected chi connectivity index (χ0v) is 10.5. The van der Waals surface area contributed by atoms with Gasteiger partial charge in [-0.25, -0.2) is 4.39 Å². The van der Waals surface area contributed by atoms with Gasteiger partial charge in [-0.15, -0.1) is 0 Å². The number of rotatable bonds is 3. The van der Waals surface area contributed by atoms with Gasteiger partial charge in [0.05, 0.1) is 6.10 Å². The van der Waals surface area contributed by atoms with E-state index in [9.17, 15) is 4.39 Å². The molecule has 0 radical (unpaired) electrons. The molecule has 2 unspecified atom stereocenters. The predicted octanol–water partition coefficient (Wildman–Crippen LogP) is 3.50. The minimum absolute atomic E-state index is 0.175. The number of halogens is 1. The molecular formula is C14H20FNO. The van der Waals surface area contributed by atoms with Crippen molar-refractivity contribution in [3.8, 4) is 0 Å². The Morgan fingerprint density at radius 1 is 1.35 bits per heavy atom. The van der Waals surface area contributed by atoms with Crippen molar-refractivity contribution in [3.05, 3.63) is 29.6 Å². The Hall–Kier alpha value is -1.09. The zero-order valence-electron chi connectivity index (χ0n) is 10.5. The summed E-state index contributed by atoms with van der Waals surface area (Å²) < 4.78 is 18.4. The fourth-order valence-corrected chi connectivity index (χ4v) is 2.50. The van der Waals surface area contributed by atoms with E-state index in [-0.39, 0.29) is 5.82 Å². The van der Waals surface area contributed by atoms with Crippen molar-refractivity contribution in [3.63, 3.8) is 0 Å². The van der Waals surface area contributed by atoms with E-state index in [1.807, 2.05) is 13.0 Å². The third kappa shape index (κ3) is 3.19. The lowest BCUT2D eigenvalue weighted by Crippen LogP contribution is -2.31. The topological polar surface area (TPSA) is 21.3 Å². The smallest absolute Gasteiger partial charge is 0.123 e. The molecule has 94 valence electrons. The summed E-state index contributed by atoms with van der Waals surface area (Å²) in [5, 5.41) is 3.49. The minimum atomic E-state index is -0.175. The van der Waals surface area contributed by atoms with Crippen LogP contribution in [0.5, 0.6) is 0 Å². The van der Waals surface area contributed by atoms with E-state index >= 15 is 0 Å². The summed E-state index contributed by atoms with van der Waals surface area (Å²) in [4.78, 5) is 0. The van der Waals surface area contributed by atoms with Gasteiger partial charge < -0.3 is 10.1 Å². The van der Waals surface area contributed by atoms with Gasteiger partial charge in [-0.1, -0.05) is 0 Å². The summed E-state index contributed by atoms with van der Waals surface area (Å²) in [5.74, 6) is -0.175. The van der Waals surface area contributed by atoms with Crippen LogP contribution >= 0.6 is 0 Å². The summed E-state index contributed by atoms with van der Waals surface area (Å²) in [6, 6.07) is 5.34. The minimum Gasteiger partial charge on any atom is -0.382 e. The van der Waals surface area contributed by atoms with Crippen LogP contribution in [0.1, 0.15) is 31.2 Å². The fraction of sp³-hybridized carbons (Fsp3) is 0.571. The first-order chi connectivity index (χ1) is 8.19. The molecule has 1 aliphatic rings. The summed E-state index contributed by atoms with van der Waals surface area (Å²) >= 11 is 0. The van der Waals surface area contributed by atoms with E-state index in [4.69, 9.17) is 4.74 Å². The van der Waals surface area contributed by atoms with Crippen molar-refractivity contribution in [1.82, 2.24) is 0 Å². The van der Waals surface area contributed by atoms with Crippen molar-refractivity contribution in [2.24, 2.45) is 0 Å². The Morgan fingerprint density at radius 2 is 2.18 bits per heavy atom. The largest absolute Gasteiger partial charge is 0.382 e. The van der Waals surface area contributed by atoms with E-state index in [2.05, 4.69) is 5.32 Å². The summed E-state index contributed by atoms with van der Waals surface area (Å²) in [6.07, 6.45) is 4.90. The Balaban J connectivity index is 2.00. The molecule has 0 amide bonds. The van der Waals surface area contributed by atoms with E-state index < -0.39 is 0 Å². The number of anilines is 1. The maximum atomic E-state index is 13.0. The van der Waals surface area contributed by atoms with Gasteiger partial charge in [0.15, 0.2) is 0 Å². The molecule has 2 rings (SSSR count). The Kier molecular flexibility index (Phi) is 4.00. The molecule has 0 aliphatic heterocycles. The molecule has 0 spiro atoms. The molecule has 2 atom stereocenters. The summed E-state index contributed by atoms with van der Waals surface area (Å²) in [6.45, 7) is 1.93. The molecule has 3 heteroatoms. The second-order valence-electron chi connectivity index (χ2n) is 4.82. The van der Waals surface area contributed by atoms with Crippen LogP contribution < -0.4 is 5.32 Å². The van der Waals surface area contributed by atoms with Gasteiger partial charge in [0, 0.05) is 18.8 Å². The standard InChI is InChI=1S/C14H20FNO/c1-10-8-11(15)6-7-14(10)16-12-4-3-5-13(9-12)17-2/h6-8,12-13,16H,3-5,9H2,1-2H3.